The van der Waals surface area contributed by atoms with Crippen LogP contribution in [0.3, 0.4) is 0 Å². The van der Waals surface area contributed by atoms with Gasteiger partial charge in [-0.05, 0) is 18.6 Å². The monoisotopic (exact) mass is 284 g/mol. The zero-order valence-corrected chi connectivity index (χ0v) is 11.5. The van der Waals surface area contributed by atoms with Crippen LogP contribution in [0.1, 0.15) is 31.5 Å². The molecule has 18 heavy (non-hydrogen) atoms. The van der Waals surface area contributed by atoms with E-state index < -0.39 is 0 Å². The van der Waals surface area contributed by atoms with Crippen LogP contribution in [0.4, 0.5) is 0 Å². The fourth-order valence-corrected chi connectivity index (χ4v) is 2.07. The molecule has 6 heteroatoms. The summed E-state index contributed by atoms with van der Waals surface area (Å²) in [5.41, 5.74) is 7.45. The first-order valence-corrected chi connectivity index (χ1v) is 6.51. The molecule has 0 amide bonds. The zero-order valence-electron chi connectivity index (χ0n) is 9.98. The Labute approximate surface area is 116 Å². The topological polar surface area (TPSA) is 56.7 Å². The first-order chi connectivity index (χ1) is 8.63. The van der Waals surface area contributed by atoms with Crippen molar-refractivity contribution in [2.24, 2.45) is 5.73 Å². The van der Waals surface area contributed by atoms with Gasteiger partial charge in [0.25, 0.3) is 0 Å². The molecular weight excluding hydrogens is 271 g/mol. The van der Waals surface area contributed by atoms with Crippen LogP contribution >= 0.6 is 23.2 Å². The zero-order chi connectivity index (χ0) is 13.1. The minimum atomic E-state index is -0.0956. The van der Waals surface area contributed by atoms with E-state index in [0.29, 0.717) is 15.7 Å². The molecule has 0 aliphatic carbocycles. The molecule has 0 saturated carbocycles. The average Bonchev–Trinajstić information content (AvgIpc) is 2.82. The molecule has 1 heterocycles. The van der Waals surface area contributed by atoms with Crippen LogP contribution in [0.2, 0.25) is 10.0 Å². The summed E-state index contributed by atoms with van der Waals surface area (Å²) in [5, 5.41) is 9.05. The lowest BCUT2D eigenvalue weighted by molar-refractivity contribution is 0.619. The number of rotatable bonds is 4. The number of hydrogen-bond acceptors (Lipinski definition) is 3. The van der Waals surface area contributed by atoms with Crippen molar-refractivity contribution in [3.63, 3.8) is 0 Å². The highest BCUT2D eigenvalue weighted by Gasteiger charge is 2.12. The van der Waals surface area contributed by atoms with E-state index in [1.165, 1.54) is 0 Å². The smallest absolute Gasteiger partial charge is 0.0998 e. The van der Waals surface area contributed by atoms with E-state index in [9.17, 15) is 0 Å². The standard InChI is InChI=1S/C12H14Cl2N4/c1-2-4-9(15)10-7-18(17-16-10)11-6-3-5-8(13)12(11)14/h3,5-7,9H,2,4,15H2,1H3. The Hall–Kier alpha value is -1.10. The summed E-state index contributed by atoms with van der Waals surface area (Å²) >= 11 is 12.1. The normalized spacial score (nSPS) is 12.7. The highest BCUT2D eigenvalue weighted by molar-refractivity contribution is 6.43. The summed E-state index contributed by atoms with van der Waals surface area (Å²) in [6, 6.07) is 5.28. The number of benzene rings is 1. The molecule has 2 rings (SSSR count). The summed E-state index contributed by atoms with van der Waals surface area (Å²) in [7, 11) is 0. The first-order valence-electron chi connectivity index (χ1n) is 5.75. The minimum absolute atomic E-state index is 0.0956. The van der Waals surface area contributed by atoms with Crippen LogP contribution in [-0.2, 0) is 0 Å². The number of nitrogens with two attached hydrogens (primary N) is 1. The highest BCUT2D eigenvalue weighted by Crippen LogP contribution is 2.28. The van der Waals surface area contributed by atoms with Crippen molar-refractivity contribution < 1.29 is 0 Å². The van der Waals surface area contributed by atoms with Crippen molar-refractivity contribution in [1.29, 1.82) is 0 Å². The predicted octanol–water partition coefficient (Wildman–Crippen LogP) is 3.37. The van der Waals surface area contributed by atoms with Crippen LogP contribution < -0.4 is 5.73 Å². The van der Waals surface area contributed by atoms with Gasteiger partial charge in [-0.2, -0.15) is 0 Å². The van der Waals surface area contributed by atoms with Gasteiger partial charge in [0.1, 0.15) is 0 Å². The van der Waals surface area contributed by atoms with Crippen LogP contribution in [0.15, 0.2) is 24.4 Å². The molecular formula is C12H14Cl2N4. The van der Waals surface area contributed by atoms with E-state index in [2.05, 4.69) is 17.2 Å². The average molecular weight is 285 g/mol. The molecule has 2 N–H and O–H groups in total. The van der Waals surface area contributed by atoms with Crippen LogP contribution in [-0.4, -0.2) is 15.0 Å². The molecule has 4 nitrogen and oxygen atoms in total. The molecule has 96 valence electrons. The lowest BCUT2D eigenvalue weighted by Gasteiger charge is -2.05. The van der Waals surface area contributed by atoms with Crippen molar-refractivity contribution in [1.82, 2.24) is 15.0 Å². The highest BCUT2D eigenvalue weighted by atomic mass is 35.5. The third kappa shape index (κ3) is 2.66. The Morgan fingerprint density at radius 3 is 2.89 bits per heavy atom. The maximum atomic E-state index is 6.13. The van der Waals surface area contributed by atoms with E-state index in [4.69, 9.17) is 28.9 Å². The van der Waals surface area contributed by atoms with Crippen molar-refractivity contribution in [3.8, 4) is 5.69 Å². The Morgan fingerprint density at radius 2 is 2.17 bits per heavy atom. The largest absolute Gasteiger partial charge is 0.323 e. The van der Waals surface area contributed by atoms with E-state index in [0.717, 1.165) is 18.5 Å². The second-order valence-electron chi connectivity index (χ2n) is 4.06. The summed E-state index contributed by atoms with van der Waals surface area (Å²) < 4.78 is 1.60. The van der Waals surface area contributed by atoms with Gasteiger partial charge >= 0.3 is 0 Å². The molecule has 0 aliphatic heterocycles. The second kappa shape index (κ2) is 5.69. The summed E-state index contributed by atoms with van der Waals surface area (Å²) in [6.45, 7) is 2.08. The fourth-order valence-electron chi connectivity index (χ4n) is 1.69. The molecule has 2 aromatic rings. The molecule has 0 bridgehead atoms. The van der Waals surface area contributed by atoms with Crippen LogP contribution in [0.5, 0.6) is 0 Å². The van der Waals surface area contributed by atoms with Crippen molar-refractivity contribution in [3.05, 3.63) is 40.1 Å². The van der Waals surface area contributed by atoms with E-state index in [1.54, 1.807) is 16.9 Å². The molecule has 1 aromatic heterocycles. The van der Waals surface area contributed by atoms with Crippen molar-refractivity contribution >= 4 is 23.2 Å². The number of halogens is 2. The molecule has 0 saturated heterocycles. The Kier molecular flexibility index (Phi) is 4.22. The molecule has 1 atom stereocenters. The number of hydrogen-bond donors (Lipinski definition) is 1. The van der Waals surface area contributed by atoms with Crippen LogP contribution in [0, 0.1) is 0 Å². The molecule has 1 aromatic carbocycles. The fraction of sp³-hybridized carbons (Fsp3) is 0.333. The third-order valence-electron chi connectivity index (χ3n) is 2.67. The van der Waals surface area contributed by atoms with Gasteiger partial charge in [0, 0.05) is 0 Å². The van der Waals surface area contributed by atoms with Gasteiger partial charge in [-0.15, -0.1) is 5.10 Å². The van der Waals surface area contributed by atoms with E-state index in [1.807, 2.05) is 12.1 Å². The predicted molar refractivity (Wildman–Crippen MR) is 73.2 cm³/mol. The summed E-state index contributed by atoms with van der Waals surface area (Å²) in [5.74, 6) is 0. The maximum Gasteiger partial charge on any atom is 0.0998 e. The van der Waals surface area contributed by atoms with Gasteiger partial charge < -0.3 is 5.73 Å². The Morgan fingerprint density at radius 1 is 1.39 bits per heavy atom. The van der Waals surface area contributed by atoms with E-state index in [-0.39, 0.29) is 6.04 Å². The summed E-state index contributed by atoms with van der Waals surface area (Å²) in [6.07, 6.45) is 3.67. The van der Waals surface area contributed by atoms with Crippen molar-refractivity contribution in [2.45, 2.75) is 25.8 Å². The van der Waals surface area contributed by atoms with Gasteiger partial charge in [0.15, 0.2) is 0 Å². The lowest BCUT2D eigenvalue weighted by atomic mass is 10.1. The molecule has 0 aliphatic rings. The lowest BCUT2D eigenvalue weighted by Crippen LogP contribution is -2.10. The number of nitrogens with zero attached hydrogens (tertiary/aromatic N) is 3. The molecule has 0 fully saturated rings. The molecule has 1 unspecified atom stereocenters. The van der Waals surface area contributed by atoms with Gasteiger partial charge in [-0.1, -0.05) is 47.8 Å². The van der Waals surface area contributed by atoms with Crippen LogP contribution in [0.25, 0.3) is 5.69 Å². The van der Waals surface area contributed by atoms with Gasteiger partial charge in [0.2, 0.25) is 0 Å². The molecule has 0 radical (unpaired) electrons. The van der Waals surface area contributed by atoms with Gasteiger partial charge in [-0.3, -0.25) is 0 Å². The quantitative estimate of drug-likeness (QED) is 0.937. The maximum absolute atomic E-state index is 6.13. The summed E-state index contributed by atoms with van der Waals surface area (Å²) in [4.78, 5) is 0. The molecule has 0 spiro atoms. The first kappa shape index (κ1) is 13.3. The third-order valence-corrected chi connectivity index (χ3v) is 3.48. The Balaban J connectivity index is 2.32. The van der Waals surface area contributed by atoms with Gasteiger partial charge in [-0.25, -0.2) is 4.68 Å². The van der Waals surface area contributed by atoms with Gasteiger partial charge in [0.05, 0.1) is 33.7 Å². The Bertz CT molecular complexity index is 539. The SMILES string of the molecule is CCCC(N)c1cn(-c2cccc(Cl)c2Cl)nn1. The second-order valence-corrected chi connectivity index (χ2v) is 4.84. The van der Waals surface area contributed by atoms with E-state index >= 15 is 0 Å². The van der Waals surface area contributed by atoms with Crippen molar-refractivity contribution in [2.75, 3.05) is 0 Å². The minimum Gasteiger partial charge on any atom is -0.323 e. The number of aromatic nitrogens is 3.